The number of likely N-dealkylation sites (N-methyl/N-ethyl adjacent to an activating group) is 1. The minimum atomic E-state index is -1.12. The van der Waals surface area contributed by atoms with Crippen LogP contribution in [0, 0.1) is 5.92 Å². The topological polar surface area (TPSA) is 132 Å². The van der Waals surface area contributed by atoms with Crippen LogP contribution >= 0.6 is 11.6 Å². The van der Waals surface area contributed by atoms with E-state index in [0.29, 0.717) is 30.6 Å². The van der Waals surface area contributed by atoms with E-state index >= 15 is 0 Å². The molecule has 1 aromatic carbocycles. The molecule has 0 spiro atoms. The Bertz CT molecular complexity index is 856. The molecule has 2 fully saturated rings. The van der Waals surface area contributed by atoms with Crippen molar-refractivity contribution in [3.8, 4) is 0 Å². The molecule has 4 atom stereocenters. The quantitative estimate of drug-likeness (QED) is 0.257. The number of carbonyl (C=O) groups is 2. The lowest BCUT2D eigenvalue weighted by atomic mass is 9.83. The average molecular weight is 541 g/mol. The number of nitrogens with zero attached hydrogens (tertiary/aromatic N) is 1. The van der Waals surface area contributed by atoms with E-state index in [4.69, 9.17) is 26.2 Å². The van der Waals surface area contributed by atoms with E-state index in [1.54, 1.807) is 24.1 Å². The highest BCUT2D eigenvalue weighted by Crippen LogP contribution is 2.30. The highest BCUT2D eigenvalue weighted by atomic mass is 35.5. The van der Waals surface area contributed by atoms with Crippen molar-refractivity contribution in [1.82, 2.24) is 20.9 Å². The van der Waals surface area contributed by atoms with Crippen molar-refractivity contribution >= 4 is 23.7 Å². The number of benzene rings is 1. The Labute approximate surface area is 224 Å². The van der Waals surface area contributed by atoms with Gasteiger partial charge in [0.15, 0.2) is 0 Å². The number of urea groups is 1. The monoisotopic (exact) mass is 540 g/mol. The molecular formula is C26H41ClN4O6. The Morgan fingerprint density at radius 3 is 2.76 bits per heavy atom. The van der Waals surface area contributed by atoms with Crippen molar-refractivity contribution in [2.45, 2.75) is 62.9 Å². The summed E-state index contributed by atoms with van der Waals surface area (Å²) in [6.45, 7) is 1.69. The number of amides is 3. The Morgan fingerprint density at radius 1 is 1.27 bits per heavy atom. The largest absolute Gasteiger partial charge is 0.465 e. The Balaban J connectivity index is 1.66. The van der Waals surface area contributed by atoms with Gasteiger partial charge in [0.05, 0.1) is 31.9 Å². The van der Waals surface area contributed by atoms with Crippen LogP contribution in [-0.2, 0) is 9.47 Å². The standard InChI is InChI=1S/C26H41ClN4O6/c1-28-16-22(32)21(14-18-6-3-2-4-7-18)30-25(33)31-11-13-36-23(17-31)24(37-12-10-29-26(34)35)19-8-5-9-20(27)15-19/h5,8-9,15,18,21-24,28-29,32H,2-4,6-7,10-14,16-17H2,1H3,(H,30,33)(H,34,35)/t21-,22+,23+,24-/m0/s1. The zero-order valence-electron chi connectivity index (χ0n) is 21.5. The van der Waals surface area contributed by atoms with Crippen LogP contribution in [0.15, 0.2) is 24.3 Å². The van der Waals surface area contributed by atoms with E-state index in [-0.39, 0.29) is 31.8 Å². The third-order valence-corrected chi connectivity index (χ3v) is 7.30. The summed E-state index contributed by atoms with van der Waals surface area (Å²) in [6, 6.07) is 6.66. The van der Waals surface area contributed by atoms with Crippen LogP contribution in [0.4, 0.5) is 9.59 Å². The third kappa shape index (κ3) is 9.61. The summed E-state index contributed by atoms with van der Waals surface area (Å²) in [6.07, 6.45) is 3.86. The second kappa shape index (κ2) is 15.3. The van der Waals surface area contributed by atoms with Crippen molar-refractivity contribution in [1.29, 1.82) is 0 Å². The molecule has 0 aromatic heterocycles. The molecule has 1 aliphatic carbocycles. The molecule has 1 aliphatic heterocycles. The Kier molecular flexibility index (Phi) is 12.2. The lowest BCUT2D eigenvalue weighted by Gasteiger charge is -2.38. The first-order valence-corrected chi connectivity index (χ1v) is 13.6. The van der Waals surface area contributed by atoms with Crippen LogP contribution < -0.4 is 16.0 Å². The molecule has 0 radical (unpaired) electrons. The third-order valence-electron chi connectivity index (χ3n) is 7.07. The molecule has 37 heavy (non-hydrogen) atoms. The summed E-state index contributed by atoms with van der Waals surface area (Å²) < 4.78 is 12.1. The molecule has 2 aliphatic rings. The molecule has 208 valence electrons. The number of nitrogens with one attached hydrogen (secondary N) is 3. The zero-order valence-corrected chi connectivity index (χ0v) is 22.3. The number of aliphatic hydroxyl groups is 1. The summed E-state index contributed by atoms with van der Waals surface area (Å²) in [5, 5.41) is 28.5. The van der Waals surface area contributed by atoms with Gasteiger partial charge in [-0.25, -0.2) is 9.59 Å². The van der Waals surface area contributed by atoms with Gasteiger partial charge >= 0.3 is 12.1 Å². The Morgan fingerprint density at radius 2 is 2.05 bits per heavy atom. The summed E-state index contributed by atoms with van der Waals surface area (Å²) in [4.78, 5) is 25.8. The molecule has 10 nitrogen and oxygen atoms in total. The minimum Gasteiger partial charge on any atom is -0.465 e. The van der Waals surface area contributed by atoms with E-state index < -0.39 is 24.4 Å². The van der Waals surface area contributed by atoms with Gasteiger partial charge in [0.25, 0.3) is 0 Å². The number of carboxylic acid groups (broad SMARTS) is 1. The number of hydrogen-bond acceptors (Lipinski definition) is 6. The van der Waals surface area contributed by atoms with Crippen LogP contribution in [0.25, 0.3) is 0 Å². The first kappa shape index (κ1) is 29.4. The first-order chi connectivity index (χ1) is 17.9. The molecule has 1 heterocycles. The molecule has 1 saturated heterocycles. The number of rotatable bonds is 12. The van der Waals surface area contributed by atoms with Crippen LogP contribution in [0.3, 0.4) is 0 Å². The van der Waals surface area contributed by atoms with E-state index in [1.165, 1.54) is 19.3 Å². The number of ether oxygens (including phenoxy) is 2. The highest BCUT2D eigenvalue weighted by molar-refractivity contribution is 6.30. The SMILES string of the molecule is CNC[C@@H](O)[C@H](CC1CCCCC1)NC(=O)N1CCO[C@@H]([C@@H](OCCNC(=O)O)c2cccc(Cl)c2)C1. The highest BCUT2D eigenvalue weighted by Gasteiger charge is 2.34. The fourth-order valence-corrected chi connectivity index (χ4v) is 5.38. The van der Waals surface area contributed by atoms with Gasteiger partial charge in [0.1, 0.15) is 12.2 Å². The first-order valence-electron chi connectivity index (χ1n) is 13.2. The summed E-state index contributed by atoms with van der Waals surface area (Å²) in [7, 11) is 1.79. The molecule has 0 unspecified atom stereocenters. The summed E-state index contributed by atoms with van der Waals surface area (Å²) in [5.74, 6) is 0.503. The molecule has 1 saturated carbocycles. The minimum absolute atomic E-state index is 0.121. The number of aliphatic hydroxyl groups excluding tert-OH is 1. The smallest absolute Gasteiger partial charge is 0.404 e. The number of halogens is 1. The van der Waals surface area contributed by atoms with Crippen LogP contribution in [-0.4, -0.2) is 91.9 Å². The molecule has 3 rings (SSSR count). The molecule has 0 bridgehead atoms. The van der Waals surface area contributed by atoms with Gasteiger partial charge in [-0.2, -0.15) is 0 Å². The van der Waals surface area contributed by atoms with E-state index in [9.17, 15) is 14.7 Å². The van der Waals surface area contributed by atoms with Gasteiger partial charge in [-0.1, -0.05) is 55.8 Å². The fourth-order valence-electron chi connectivity index (χ4n) is 5.18. The van der Waals surface area contributed by atoms with Crippen LogP contribution in [0.2, 0.25) is 5.02 Å². The lowest BCUT2D eigenvalue weighted by molar-refractivity contribution is -0.105. The van der Waals surface area contributed by atoms with Crippen molar-refractivity contribution in [2.24, 2.45) is 5.92 Å². The fraction of sp³-hybridized carbons (Fsp3) is 0.692. The van der Waals surface area contributed by atoms with Gasteiger partial charge in [0, 0.05) is 24.7 Å². The maximum atomic E-state index is 13.3. The van der Waals surface area contributed by atoms with Gasteiger partial charge in [0.2, 0.25) is 0 Å². The summed E-state index contributed by atoms with van der Waals surface area (Å²) in [5.41, 5.74) is 0.787. The van der Waals surface area contributed by atoms with Crippen LogP contribution in [0.1, 0.15) is 50.2 Å². The maximum absolute atomic E-state index is 13.3. The second-order valence-corrected chi connectivity index (χ2v) is 10.3. The number of carbonyl (C=O) groups excluding carboxylic acids is 1. The molecule has 3 amide bonds. The number of hydrogen-bond donors (Lipinski definition) is 5. The molecular weight excluding hydrogens is 500 g/mol. The van der Waals surface area contributed by atoms with Crippen molar-refractivity contribution < 1.29 is 29.3 Å². The average Bonchev–Trinajstić information content (AvgIpc) is 2.89. The molecule has 11 heteroatoms. The normalized spacial score (nSPS) is 21.2. The van der Waals surface area contributed by atoms with E-state index in [2.05, 4.69) is 16.0 Å². The van der Waals surface area contributed by atoms with Gasteiger partial charge in [-0.05, 0) is 37.1 Å². The van der Waals surface area contributed by atoms with Crippen molar-refractivity contribution in [2.75, 3.05) is 46.4 Å². The maximum Gasteiger partial charge on any atom is 0.404 e. The zero-order chi connectivity index (χ0) is 26.6. The molecule has 5 N–H and O–H groups in total. The van der Waals surface area contributed by atoms with Crippen molar-refractivity contribution in [3.05, 3.63) is 34.9 Å². The number of morpholine rings is 1. The second-order valence-electron chi connectivity index (χ2n) is 9.85. The predicted molar refractivity (Wildman–Crippen MR) is 141 cm³/mol. The van der Waals surface area contributed by atoms with Gasteiger partial charge < -0.3 is 40.5 Å². The van der Waals surface area contributed by atoms with Crippen molar-refractivity contribution in [3.63, 3.8) is 0 Å². The summed E-state index contributed by atoms with van der Waals surface area (Å²) >= 11 is 6.21. The Hall–Kier alpha value is -2.11. The van der Waals surface area contributed by atoms with E-state index in [1.807, 2.05) is 12.1 Å². The van der Waals surface area contributed by atoms with E-state index in [0.717, 1.165) is 24.8 Å². The molecule has 1 aromatic rings. The predicted octanol–water partition coefficient (Wildman–Crippen LogP) is 3.00. The van der Waals surface area contributed by atoms with Gasteiger partial charge in [-0.3, -0.25) is 0 Å². The lowest BCUT2D eigenvalue weighted by Crippen LogP contribution is -2.56. The van der Waals surface area contributed by atoms with Gasteiger partial charge in [-0.15, -0.1) is 0 Å². The van der Waals surface area contributed by atoms with Crippen LogP contribution in [0.5, 0.6) is 0 Å².